The highest BCUT2D eigenvalue weighted by Crippen LogP contribution is 2.23. The second kappa shape index (κ2) is 7.97. The Morgan fingerprint density at radius 2 is 2.04 bits per heavy atom. The average molecular weight is 345 g/mol. The minimum atomic E-state index is -0.469. The highest BCUT2D eigenvalue weighted by Gasteiger charge is 2.15. The van der Waals surface area contributed by atoms with Crippen LogP contribution in [0.5, 0.6) is 0 Å². The zero-order valence-electron chi connectivity index (χ0n) is 14.2. The first-order valence-corrected chi connectivity index (χ1v) is 8.66. The van der Waals surface area contributed by atoms with Crippen molar-refractivity contribution in [3.05, 3.63) is 41.3 Å². The Labute approximate surface area is 146 Å². The molecule has 0 radical (unpaired) electrons. The number of thiazole rings is 1. The van der Waals surface area contributed by atoms with Crippen molar-refractivity contribution in [1.29, 1.82) is 0 Å². The molecule has 0 unspecified atom stereocenters. The minimum Gasteiger partial charge on any atom is -0.444 e. The Morgan fingerprint density at radius 1 is 1.33 bits per heavy atom. The van der Waals surface area contributed by atoms with Crippen LogP contribution >= 0.6 is 11.3 Å². The monoisotopic (exact) mass is 345 g/mol. The number of hydrogen-bond acceptors (Lipinski definition) is 5. The summed E-state index contributed by atoms with van der Waals surface area (Å²) in [4.78, 5) is 15.8. The van der Waals surface area contributed by atoms with E-state index < -0.39 is 5.60 Å². The molecule has 5 nitrogen and oxygen atoms in total. The number of carbonyl (C=O) groups excluding carboxylic acids is 1. The van der Waals surface area contributed by atoms with E-state index in [1.807, 2.05) is 62.6 Å². The van der Waals surface area contributed by atoms with Gasteiger partial charge in [0.2, 0.25) is 0 Å². The summed E-state index contributed by atoms with van der Waals surface area (Å²) in [6, 6.07) is 8.10. The van der Waals surface area contributed by atoms with Gasteiger partial charge in [-0.2, -0.15) is 0 Å². The van der Waals surface area contributed by atoms with Crippen molar-refractivity contribution in [1.82, 2.24) is 10.3 Å². The zero-order chi connectivity index (χ0) is 17.6. The summed E-state index contributed by atoms with van der Waals surface area (Å²) >= 11 is 1.44. The highest BCUT2D eigenvalue weighted by atomic mass is 32.1. The van der Waals surface area contributed by atoms with Gasteiger partial charge >= 0.3 is 6.09 Å². The summed E-state index contributed by atoms with van der Waals surface area (Å²) < 4.78 is 5.17. The fourth-order valence-electron chi connectivity index (χ4n) is 1.98. The van der Waals surface area contributed by atoms with E-state index in [0.717, 1.165) is 23.2 Å². The van der Waals surface area contributed by atoms with Gasteiger partial charge < -0.3 is 15.8 Å². The number of amides is 1. The molecule has 1 amide bonds. The molecule has 1 heterocycles. The Bertz CT molecular complexity index is 700. The summed E-state index contributed by atoms with van der Waals surface area (Å²) in [5.74, 6) is 0. The van der Waals surface area contributed by atoms with Crippen LogP contribution in [0.4, 0.5) is 9.93 Å². The van der Waals surface area contributed by atoms with Gasteiger partial charge in [-0.1, -0.05) is 36.4 Å². The first-order valence-electron chi connectivity index (χ1n) is 7.78. The Morgan fingerprint density at radius 3 is 2.62 bits per heavy atom. The third-order valence-electron chi connectivity index (χ3n) is 3.02. The molecular formula is C18H23N3O2S. The molecule has 1 aromatic heterocycles. The maximum Gasteiger partial charge on any atom is 0.407 e. The molecule has 0 aliphatic rings. The summed E-state index contributed by atoms with van der Waals surface area (Å²) in [6.45, 7) is 6.07. The molecule has 2 aromatic rings. The van der Waals surface area contributed by atoms with Gasteiger partial charge in [0.1, 0.15) is 5.60 Å². The number of benzene rings is 1. The number of nitrogen functional groups attached to an aromatic ring is 1. The molecule has 128 valence electrons. The van der Waals surface area contributed by atoms with Crippen LogP contribution in [-0.4, -0.2) is 23.2 Å². The van der Waals surface area contributed by atoms with Crippen LogP contribution < -0.4 is 11.1 Å². The van der Waals surface area contributed by atoms with Crippen molar-refractivity contribution in [2.75, 3.05) is 12.3 Å². The largest absolute Gasteiger partial charge is 0.444 e. The molecule has 0 saturated heterocycles. The molecule has 0 atom stereocenters. The van der Waals surface area contributed by atoms with Crippen molar-refractivity contribution >= 4 is 28.6 Å². The lowest BCUT2D eigenvalue weighted by molar-refractivity contribution is 0.0529. The molecule has 0 aliphatic carbocycles. The molecule has 0 bridgehead atoms. The molecule has 0 spiro atoms. The second-order valence-corrected chi connectivity index (χ2v) is 7.20. The smallest absolute Gasteiger partial charge is 0.407 e. The number of rotatable bonds is 5. The second-order valence-electron chi connectivity index (χ2n) is 6.31. The molecule has 6 heteroatoms. The van der Waals surface area contributed by atoms with Crippen LogP contribution in [-0.2, 0) is 4.74 Å². The van der Waals surface area contributed by atoms with Crippen molar-refractivity contribution in [2.45, 2.75) is 32.8 Å². The summed E-state index contributed by atoms with van der Waals surface area (Å²) in [5.41, 5.74) is 8.23. The predicted octanol–water partition coefficient (Wildman–Crippen LogP) is 4.32. The molecule has 3 N–H and O–H groups in total. The van der Waals surface area contributed by atoms with E-state index in [4.69, 9.17) is 10.5 Å². The number of nitrogens with two attached hydrogens (primary N) is 1. The molecule has 0 fully saturated rings. The van der Waals surface area contributed by atoms with Crippen molar-refractivity contribution in [3.63, 3.8) is 0 Å². The van der Waals surface area contributed by atoms with E-state index in [1.54, 1.807) is 0 Å². The minimum absolute atomic E-state index is 0.386. The predicted molar refractivity (Wildman–Crippen MR) is 99.9 cm³/mol. The Kier molecular flexibility index (Phi) is 5.98. The maximum atomic E-state index is 11.5. The molecule has 0 aliphatic heterocycles. The lowest BCUT2D eigenvalue weighted by atomic mass is 10.1. The quantitative estimate of drug-likeness (QED) is 0.791. The third-order valence-corrected chi connectivity index (χ3v) is 3.69. The van der Waals surface area contributed by atoms with Gasteiger partial charge in [0, 0.05) is 17.5 Å². The van der Waals surface area contributed by atoms with Gasteiger partial charge in [0.15, 0.2) is 5.13 Å². The number of ether oxygens (including phenoxy) is 1. The van der Waals surface area contributed by atoms with Gasteiger partial charge in [-0.15, -0.1) is 11.3 Å². The number of carbonyl (C=O) groups is 1. The van der Waals surface area contributed by atoms with Crippen LogP contribution in [0.1, 0.15) is 32.8 Å². The average Bonchev–Trinajstić information content (AvgIpc) is 2.92. The molecule has 2 rings (SSSR count). The van der Waals surface area contributed by atoms with E-state index in [9.17, 15) is 4.79 Å². The molecule has 1 aromatic carbocycles. The fraction of sp³-hybridized carbons (Fsp3) is 0.333. The SMILES string of the molecule is CC(C)(C)OC(=O)NCCC=Cc1ccc(-c2csc(N)n2)cc1. The van der Waals surface area contributed by atoms with Gasteiger partial charge in [-0.05, 0) is 32.8 Å². The number of nitrogens with one attached hydrogen (secondary N) is 1. The van der Waals surface area contributed by atoms with E-state index in [2.05, 4.69) is 10.3 Å². The van der Waals surface area contributed by atoms with Crippen LogP contribution in [0.15, 0.2) is 35.7 Å². The standard InChI is InChI=1S/C18H23N3O2S/c1-18(2,3)23-17(22)20-11-5-4-6-13-7-9-14(10-8-13)15-12-24-16(19)21-15/h4,6-10,12H,5,11H2,1-3H3,(H2,19,21)(H,20,22). The highest BCUT2D eigenvalue weighted by molar-refractivity contribution is 7.13. The van der Waals surface area contributed by atoms with Gasteiger partial charge in [-0.3, -0.25) is 0 Å². The normalized spacial score (nSPS) is 11.6. The fourth-order valence-corrected chi connectivity index (χ4v) is 2.55. The topological polar surface area (TPSA) is 77.2 Å². The van der Waals surface area contributed by atoms with Gasteiger partial charge in [-0.25, -0.2) is 9.78 Å². The van der Waals surface area contributed by atoms with Crippen LogP contribution in [0.2, 0.25) is 0 Å². The van der Waals surface area contributed by atoms with E-state index in [0.29, 0.717) is 11.7 Å². The summed E-state index contributed by atoms with van der Waals surface area (Å²) in [7, 11) is 0. The molecule has 24 heavy (non-hydrogen) atoms. The van der Waals surface area contributed by atoms with Crippen LogP contribution in [0.3, 0.4) is 0 Å². The van der Waals surface area contributed by atoms with Gasteiger partial charge in [0.25, 0.3) is 0 Å². The van der Waals surface area contributed by atoms with E-state index >= 15 is 0 Å². The lowest BCUT2D eigenvalue weighted by Crippen LogP contribution is -2.32. The van der Waals surface area contributed by atoms with Crippen LogP contribution in [0.25, 0.3) is 17.3 Å². The van der Waals surface area contributed by atoms with E-state index in [1.165, 1.54) is 11.3 Å². The first-order chi connectivity index (χ1) is 11.3. The number of anilines is 1. The molecule has 0 saturated carbocycles. The third kappa shape index (κ3) is 6.04. The number of alkyl carbamates (subject to hydrolysis) is 1. The lowest BCUT2D eigenvalue weighted by Gasteiger charge is -2.19. The maximum absolute atomic E-state index is 11.5. The van der Waals surface area contributed by atoms with Crippen molar-refractivity contribution < 1.29 is 9.53 Å². The van der Waals surface area contributed by atoms with Gasteiger partial charge in [0.05, 0.1) is 5.69 Å². The number of nitrogens with zero attached hydrogens (tertiary/aromatic N) is 1. The zero-order valence-corrected chi connectivity index (χ0v) is 15.0. The number of aromatic nitrogens is 1. The van der Waals surface area contributed by atoms with Crippen LogP contribution in [0, 0.1) is 0 Å². The van der Waals surface area contributed by atoms with Crippen molar-refractivity contribution in [2.24, 2.45) is 0 Å². The summed E-state index contributed by atoms with van der Waals surface area (Å²) in [5, 5.41) is 5.25. The summed E-state index contributed by atoms with van der Waals surface area (Å²) in [6.07, 6.45) is 4.40. The first kappa shape index (κ1) is 18.0. The number of hydrogen-bond donors (Lipinski definition) is 2. The Hall–Kier alpha value is -2.34. The molecular weight excluding hydrogens is 322 g/mol. The Balaban J connectivity index is 1.77. The van der Waals surface area contributed by atoms with E-state index in [-0.39, 0.29) is 6.09 Å². The van der Waals surface area contributed by atoms with Crippen molar-refractivity contribution in [3.8, 4) is 11.3 Å².